The molecule has 2 N–H and O–H groups in total. The van der Waals surface area contributed by atoms with Crippen molar-refractivity contribution < 1.29 is 18.7 Å². The zero-order valence-corrected chi connectivity index (χ0v) is 17.3. The Hall–Kier alpha value is -3.78. The molecule has 2 heterocycles. The number of aromatic nitrogens is 2. The molecule has 0 atom stereocenters. The fourth-order valence-electron chi connectivity index (χ4n) is 2.62. The smallest absolute Gasteiger partial charge is 0.341 e. The number of nitrogen functional groups attached to an aromatic ring is 1. The summed E-state index contributed by atoms with van der Waals surface area (Å²) in [5.41, 5.74) is 7.73. The number of hydrogen-bond acceptors (Lipinski definition) is 8. The van der Waals surface area contributed by atoms with Crippen LogP contribution in [0.3, 0.4) is 0 Å². The van der Waals surface area contributed by atoms with Gasteiger partial charge in [-0.25, -0.2) is 9.31 Å². The van der Waals surface area contributed by atoms with Crippen LogP contribution in [-0.4, -0.2) is 43.8 Å². The zero-order valence-electron chi connectivity index (χ0n) is 16.5. The lowest BCUT2D eigenvalue weighted by atomic mass is 10.00. The molecule has 2 aromatic heterocycles. The second-order valence-electron chi connectivity index (χ2n) is 6.05. The molecular formula is C19H19N5O5S. The molecule has 0 amide bonds. The van der Waals surface area contributed by atoms with Crippen LogP contribution in [0, 0.1) is 21.4 Å². The highest BCUT2D eigenvalue weighted by atomic mass is 32.2. The van der Waals surface area contributed by atoms with Gasteiger partial charge in [0.1, 0.15) is 23.0 Å². The molecule has 0 spiro atoms. The third-order valence-corrected chi connectivity index (χ3v) is 3.84. The average molecular weight is 429 g/mol. The van der Waals surface area contributed by atoms with Gasteiger partial charge in [0.15, 0.2) is 0 Å². The van der Waals surface area contributed by atoms with Crippen molar-refractivity contribution in [2.45, 2.75) is 6.92 Å². The Morgan fingerprint density at radius 1 is 1.37 bits per heavy atom. The van der Waals surface area contributed by atoms with Gasteiger partial charge in [-0.05, 0) is 30.7 Å². The topological polar surface area (TPSA) is 154 Å². The summed E-state index contributed by atoms with van der Waals surface area (Å²) in [4.78, 5) is 22.4. The van der Waals surface area contributed by atoms with Gasteiger partial charge < -0.3 is 10.5 Å². The molecule has 0 saturated heterocycles. The van der Waals surface area contributed by atoms with Crippen molar-refractivity contribution in [1.82, 2.24) is 9.61 Å². The maximum absolute atomic E-state index is 12.1. The van der Waals surface area contributed by atoms with E-state index in [0.29, 0.717) is 16.6 Å². The Bertz CT molecular complexity index is 1160. The van der Waals surface area contributed by atoms with E-state index in [0.717, 1.165) is 0 Å². The normalized spacial score (nSPS) is 10.2. The third-order valence-electron chi connectivity index (χ3n) is 3.84. The van der Waals surface area contributed by atoms with E-state index >= 15 is 0 Å². The number of carbonyl (C=O) groups excluding carboxylic acids is 1. The Morgan fingerprint density at radius 2 is 1.97 bits per heavy atom. The fraction of sp³-hybridized carbons (Fsp3) is 0.211. The predicted octanol–water partition coefficient (Wildman–Crippen LogP) is 2.53. The monoisotopic (exact) mass is 429 g/mol. The molecule has 0 aliphatic heterocycles. The highest BCUT2D eigenvalue weighted by Crippen LogP contribution is 2.31. The van der Waals surface area contributed by atoms with E-state index in [1.807, 2.05) is 6.07 Å². The van der Waals surface area contributed by atoms with E-state index in [1.54, 1.807) is 25.5 Å². The highest BCUT2D eigenvalue weighted by molar-refractivity contribution is 7.83. The standard InChI is InChI=1S/C17H13N5O4.C2H6OS/c1-2-26-17(23)14-9-20-21-15(14)7-12(13(8-18)16(21)19)10-3-5-11(6-4-10)22(24)25;1-4(2)3/h3-7,9H,2,19H2,1H3;1-2H3. The number of nitrogens with zero attached hydrogens (tertiary/aromatic N) is 4. The van der Waals surface area contributed by atoms with Crippen molar-refractivity contribution in [2.24, 2.45) is 0 Å². The van der Waals surface area contributed by atoms with Gasteiger partial charge in [0.05, 0.1) is 23.2 Å². The van der Waals surface area contributed by atoms with Crippen LogP contribution in [0.15, 0.2) is 36.5 Å². The van der Waals surface area contributed by atoms with Crippen LogP contribution in [0.4, 0.5) is 11.5 Å². The van der Waals surface area contributed by atoms with Crippen LogP contribution in [-0.2, 0) is 15.5 Å². The van der Waals surface area contributed by atoms with Crippen molar-refractivity contribution in [3.63, 3.8) is 0 Å². The molecule has 0 aliphatic carbocycles. The molecule has 0 unspecified atom stereocenters. The summed E-state index contributed by atoms with van der Waals surface area (Å²) in [6.07, 6.45) is 4.60. The van der Waals surface area contributed by atoms with E-state index < -0.39 is 21.7 Å². The lowest BCUT2D eigenvalue weighted by molar-refractivity contribution is -0.384. The first kappa shape index (κ1) is 22.5. The van der Waals surface area contributed by atoms with Crippen LogP contribution >= 0.6 is 0 Å². The first-order valence-electron chi connectivity index (χ1n) is 8.58. The second-order valence-corrected chi connectivity index (χ2v) is 7.53. The molecule has 1 aromatic carbocycles. The number of anilines is 1. The minimum Gasteiger partial charge on any atom is -0.462 e. The largest absolute Gasteiger partial charge is 0.462 e. The number of nitro benzene ring substituents is 1. The van der Waals surface area contributed by atoms with E-state index in [9.17, 15) is 24.4 Å². The van der Waals surface area contributed by atoms with Gasteiger partial charge in [0.25, 0.3) is 5.69 Å². The quantitative estimate of drug-likeness (QED) is 0.377. The minimum absolute atomic E-state index is 0.0638. The molecule has 10 nitrogen and oxygen atoms in total. The first-order valence-corrected chi connectivity index (χ1v) is 10.5. The Balaban J connectivity index is 0.000000735. The number of non-ortho nitro benzene ring substituents is 1. The van der Waals surface area contributed by atoms with Gasteiger partial charge >= 0.3 is 5.97 Å². The molecule has 3 aromatic rings. The number of nitriles is 1. The van der Waals surface area contributed by atoms with E-state index in [4.69, 9.17) is 10.5 Å². The molecule has 0 radical (unpaired) electrons. The van der Waals surface area contributed by atoms with Gasteiger partial charge in [-0.3, -0.25) is 14.3 Å². The average Bonchev–Trinajstić information content (AvgIpc) is 3.12. The highest BCUT2D eigenvalue weighted by Gasteiger charge is 2.20. The maximum atomic E-state index is 12.1. The summed E-state index contributed by atoms with van der Waals surface area (Å²) in [7, 11) is -0.611. The number of nitrogens with two attached hydrogens (primary N) is 1. The number of benzene rings is 1. The predicted molar refractivity (Wildman–Crippen MR) is 112 cm³/mol. The number of carbonyl (C=O) groups is 1. The van der Waals surface area contributed by atoms with Crippen molar-refractivity contribution in [1.29, 1.82) is 5.26 Å². The van der Waals surface area contributed by atoms with E-state index in [-0.39, 0.29) is 29.2 Å². The first-order chi connectivity index (χ1) is 14.2. The van der Waals surface area contributed by atoms with Crippen LogP contribution in [0.5, 0.6) is 0 Å². The van der Waals surface area contributed by atoms with Gasteiger partial charge in [-0.1, -0.05) is 0 Å². The number of pyridine rings is 1. The number of hydrogen-bond donors (Lipinski definition) is 1. The van der Waals surface area contributed by atoms with Crippen LogP contribution < -0.4 is 5.73 Å². The van der Waals surface area contributed by atoms with E-state index in [1.165, 1.54) is 35.0 Å². The number of ether oxygens (including phenoxy) is 1. The SMILES string of the molecule is CCOC(=O)c1cnn2c(N)c(C#N)c(-c3ccc([N+](=O)[O-])cc3)cc12.CS(C)=O. The summed E-state index contributed by atoms with van der Waals surface area (Å²) >= 11 is 0. The van der Waals surface area contributed by atoms with Crippen LogP contribution in [0.2, 0.25) is 0 Å². The summed E-state index contributed by atoms with van der Waals surface area (Å²) < 4.78 is 15.9. The van der Waals surface area contributed by atoms with Crippen LogP contribution in [0.1, 0.15) is 22.8 Å². The summed E-state index contributed by atoms with van der Waals surface area (Å²) in [5.74, 6) is -0.491. The molecule has 30 heavy (non-hydrogen) atoms. The summed E-state index contributed by atoms with van der Waals surface area (Å²) in [6, 6.07) is 9.31. The lowest BCUT2D eigenvalue weighted by Crippen LogP contribution is -2.07. The minimum atomic E-state index is -0.611. The number of nitro groups is 1. The lowest BCUT2D eigenvalue weighted by Gasteiger charge is -2.10. The fourth-order valence-corrected chi connectivity index (χ4v) is 2.62. The van der Waals surface area contributed by atoms with Crippen molar-refractivity contribution in [3.8, 4) is 17.2 Å². The molecular weight excluding hydrogens is 410 g/mol. The molecule has 0 bridgehead atoms. The molecule has 3 rings (SSSR count). The molecule has 11 heteroatoms. The van der Waals surface area contributed by atoms with Crippen molar-refractivity contribution in [2.75, 3.05) is 24.9 Å². The molecule has 0 aliphatic rings. The Morgan fingerprint density at radius 3 is 2.47 bits per heavy atom. The van der Waals surface area contributed by atoms with Crippen molar-refractivity contribution in [3.05, 3.63) is 57.8 Å². The molecule has 0 saturated carbocycles. The van der Waals surface area contributed by atoms with Gasteiger partial charge in [0, 0.05) is 41.0 Å². The number of esters is 1. The van der Waals surface area contributed by atoms with Crippen molar-refractivity contribution >= 4 is 33.8 Å². The van der Waals surface area contributed by atoms with Gasteiger partial charge in [-0.15, -0.1) is 0 Å². The van der Waals surface area contributed by atoms with Crippen LogP contribution in [0.25, 0.3) is 16.6 Å². The van der Waals surface area contributed by atoms with E-state index in [2.05, 4.69) is 5.10 Å². The number of fused-ring (bicyclic) bond motifs is 1. The number of rotatable bonds is 4. The van der Waals surface area contributed by atoms with Gasteiger partial charge in [0.2, 0.25) is 0 Å². The van der Waals surface area contributed by atoms with Gasteiger partial charge in [-0.2, -0.15) is 10.4 Å². The summed E-state index contributed by atoms with van der Waals surface area (Å²) in [6.45, 7) is 1.89. The Labute approximate surface area is 174 Å². The Kier molecular flexibility index (Phi) is 7.22. The molecule has 0 fully saturated rings. The zero-order chi connectivity index (χ0) is 22.4. The maximum Gasteiger partial charge on any atom is 0.341 e. The third kappa shape index (κ3) is 4.79. The molecule has 156 valence electrons. The second kappa shape index (κ2) is 9.62. The summed E-state index contributed by atoms with van der Waals surface area (Å²) in [5, 5.41) is 24.4.